The molecule has 4 aromatic rings. The predicted octanol–water partition coefficient (Wildman–Crippen LogP) is 5.76. The van der Waals surface area contributed by atoms with Gasteiger partial charge in [-0.25, -0.2) is 8.42 Å². The van der Waals surface area contributed by atoms with Gasteiger partial charge < -0.3 is 15.8 Å². The van der Waals surface area contributed by atoms with Gasteiger partial charge in [-0.3, -0.25) is 4.79 Å². The molecule has 0 aliphatic carbocycles. The predicted molar refractivity (Wildman–Crippen MR) is 136 cm³/mol. The van der Waals surface area contributed by atoms with Crippen molar-refractivity contribution in [3.05, 3.63) is 94.4 Å². The van der Waals surface area contributed by atoms with Crippen molar-refractivity contribution in [3.63, 3.8) is 0 Å². The number of ketones is 1. The molecule has 3 aromatic carbocycles. The second kappa shape index (κ2) is 9.32. The summed E-state index contributed by atoms with van der Waals surface area (Å²) in [6.07, 6.45) is 0. The fraction of sp³-hybridized carbons (Fsp3) is 0.115. The van der Waals surface area contributed by atoms with E-state index in [0.29, 0.717) is 16.3 Å². The summed E-state index contributed by atoms with van der Waals surface area (Å²) in [5, 5.41) is 3.55. The molecule has 1 aromatic heterocycles. The summed E-state index contributed by atoms with van der Waals surface area (Å²) in [6.45, 7) is 3.86. The fourth-order valence-electron chi connectivity index (χ4n) is 3.67. The largest absolute Gasteiger partial charge is 0.497 e. The summed E-state index contributed by atoms with van der Waals surface area (Å²) < 4.78 is 32.6. The lowest BCUT2D eigenvalue weighted by Crippen LogP contribution is -2.08. The number of carbonyl (C=O) groups is 1. The number of nitrogens with one attached hydrogen (secondary N) is 1. The molecule has 0 spiro atoms. The van der Waals surface area contributed by atoms with Gasteiger partial charge in [0.2, 0.25) is 15.6 Å². The molecule has 174 valence electrons. The van der Waals surface area contributed by atoms with E-state index in [2.05, 4.69) is 5.32 Å². The highest BCUT2D eigenvalue weighted by Gasteiger charge is 2.32. The lowest BCUT2D eigenvalue weighted by molar-refractivity contribution is 0.104. The van der Waals surface area contributed by atoms with Crippen LogP contribution in [0.1, 0.15) is 26.4 Å². The number of nitrogen functional groups attached to an aromatic ring is 1. The van der Waals surface area contributed by atoms with Crippen LogP contribution in [-0.4, -0.2) is 21.3 Å². The molecule has 3 N–H and O–H groups in total. The summed E-state index contributed by atoms with van der Waals surface area (Å²) >= 11 is 1.04. The zero-order valence-corrected chi connectivity index (χ0v) is 20.6. The first-order valence-electron chi connectivity index (χ1n) is 10.5. The van der Waals surface area contributed by atoms with Crippen LogP contribution in [0.5, 0.6) is 5.75 Å². The van der Waals surface area contributed by atoms with Crippen LogP contribution < -0.4 is 15.8 Å². The number of hydrogen-bond acceptors (Lipinski definition) is 7. The van der Waals surface area contributed by atoms with Crippen LogP contribution in [0, 0.1) is 13.8 Å². The zero-order valence-electron chi connectivity index (χ0n) is 19.0. The van der Waals surface area contributed by atoms with Crippen LogP contribution in [-0.2, 0) is 9.84 Å². The van der Waals surface area contributed by atoms with Crippen LogP contribution in [0.2, 0.25) is 0 Å². The SMILES string of the molecule is COc1ccc(S(=O)(=O)c2c(Nc3c(C)cccc3C)sc(C(=O)c3ccccc3)c2N)cc1. The number of carbonyl (C=O) groups excluding carboxylic acids is 1. The highest BCUT2D eigenvalue weighted by atomic mass is 32.2. The van der Waals surface area contributed by atoms with Crippen molar-refractivity contribution >= 4 is 43.3 Å². The Kier molecular flexibility index (Phi) is 6.45. The molecule has 8 heteroatoms. The third kappa shape index (κ3) is 4.30. The Bertz CT molecular complexity index is 1440. The highest BCUT2D eigenvalue weighted by Crippen LogP contribution is 2.44. The van der Waals surface area contributed by atoms with E-state index in [1.807, 2.05) is 38.1 Å². The number of nitrogens with two attached hydrogens (primary N) is 1. The van der Waals surface area contributed by atoms with Crippen molar-refractivity contribution in [1.29, 1.82) is 0 Å². The third-order valence-corrected chi connectivity index (χ3v) is 8.60. The molecule has 0 saturated heterocycles. The fourth-order valence-corrected chi connectivity index (χ4v) is 6.58. The number of benzene rings is 3. The van der Waals surface area contributed by atoms with Crippen molar-refractivity contribution in [2.75, 3.05) is 18.2 Å². The molecule has 4 rings (SSSR count). The van der Waals surface area contributed by atoms with Crippen molar-refractivity contribution in [1.82, 2.24) is 0 Å². The van der Waals surface area contributed by atoms with Crippen LogP contribution in [0.15, 0.2) is 82.6 Å². The first-order chi connectivity index (χ1) is 16.2. The molecule has 0 aliphatic heterocycles. The Labute approximate surface area is 202 Å². The van der Waals surface area contributed by atoms with E-state index in [0.717, 1.165) is 28.2 Å². The number of rotatable bonds is 7. The van der Waals surface area contributed by atoms with Crippen molar-refractivity contribution in [3.8, 4) is 5.75 Å². The monoisotopic (exact) mass is 492 g/mol. The van der Waals surface area contributed by atoms with E-state index < -0.39 is 9.84 Å². The number of hydrogen-bond donors (Lipinski definition) is 2. The normalized spacial score (nSPS) is 11.3. The van der Waals surface area contributed by atoms with Crippen molar-refractivity contribution < 1.29 is 17.9 Å². The molecule has 0 fully saturated rings. The Morgan fingerprint density at radius 2 is 1.53 bits per heavy atom. The number of aryl methyl sites for hydroxylation is 2. The summed E-state index contributed by atoms with van der Waals surface area (Å²) in [4.78, 5) is 13.4. The van der Waals surface area contributed by atoms with E-state index >= 15 is 0 Å². The van der Waals surface area contributed by atoms with Crippen LogP contribution in [0.3, 0.4) is 0 Å². The number of thiophene rings is 1. The summed E-state index contributed by atoms with van der Waals surface area (Å²) in [5.74, 6) is 0.204. The maximum Gasteiger partial charge on any atom is 0.211 e. The number of ether oxygens (including phenoxy) is 1. The molecule has 34 heavy (non-hydrogen) atoms. The average molecular weight is 493 g/mol. The molecule has 6 nitrogen and oxygen atoms in total. The van der Waals surface area contributed by atoms with Gasteiger partial charge in [-0.15, -0.1) is 11.3 Å². The second-order valence-corrected chi connectivity index (χ2v) is 10.7. The second-order valence-electron chi connectivity index (χ2n) is 7.77. The highest BCUT2D eigenvalue weighted by molar-refractivity contribution is 7.92. The van der Waals surface area contributed by atoms with Gasteiger partial charge in [0, 0.05) is 11.3 Å². The Morgan fingerprint density at radius 3 is 2.12 bits per heavy atom. The van der Waals surface area contributed by atoms with Crippen molar-refractivity contribution in [2.24, 2.45) is 0 Å². The van der Waals surface area contributed by atoms with Gasteiger partial charge >= 0.3 is 0 Å². The van der Waals surface area contributed by atoms with Crippen LogP contribution >= 0.6 is 11.3 Å². The van der Waals surface area contributed by atoms with Crippen molar-refractivity contribution in [2.45, 2.75) is 23.6 Å². The molecular formula is C26H24N2O4S2. The van der Waals surface area contributed by atoms with Crippen LogP contribution in [0.25, 0.3) is 0 Å². The third-order valence-electron chi connectivity index (χ3n) is 5.50. The molecule has 0 atom stereocenters. The van der Waals surface area contributed by atoms with E-state index in [1.165, 1.54) is 19.2 Å². The van der Waals surface area contributed by atoms with Gasteiger partial charge in [-0.2, -0.15) is 0 Å². The number of anilines is 3. The van der Waals surface area contributed by atoms with Gasteiger partial charge in [0.1, 0.15) is 20.5 Å². The maximum absolute atomic E-state index is 13.7. The minimum absolute atomic E-state index is 0.0565. The molecule has 1 heterocycles. The zero-order chi connectivity index (χ0) is 24.5. The standard InChI is InChI=1S/C26H24N2O4S2/c1-16-8-7-9-17(2)22(16)28-26-25(34(30,31)20-14-12-19(32-3)13-15-20)21(27)24(33-26)23(29)18-10-5-4-6-11-18/h4-15,28H,27H2,1-3H3. The summed E-state index contributed by atoms with van der Waals surface area (Å²) in [7, 11) is -2.54. The lowest BCUT2D eigenvalue weighted by Gasteiger charge is -2.14. The Hall–Kier alpha value is -3.62. The van der Waals surface area contributed by atoms with Gasteiger partial charge in [0.15, 0.2) is 0 Å². The first kappa shape index (κ1) is 23.5. The van der Waals surface area contributed by atoms with Gasteiger partial charge in [-0.1, -0.05) is 48.5 Å². The minimum atomic E-state index is -4.05. The summed E-state index contributed by atoms with van der Waals surface area (Å²) in [6, 6.07) is 20.5. The van der Waals surface area contributed by atoms with E-state index in [9.17, 15) is 13.2 Å². The molecule has 0 amide bonds. The molecule has 0 unspecified atom stereocenters. The Balaban J connectivity index is 1.91. The number of methoxy groups -OCH3 is 1. The van der Waals surface area contributed by atoms with Gasteiger partial charge in [-0.05, 0) is 49.2 Å². The quantitative estimate of drug-likeness (QED) is 0.318. The van der Waals surface area contributed by atoms with Crippen LogP contribution in [0.4, 0.5) is 16.4 Å². The lowest BCUT2D eigenvalue weighted by atomic mass is 10.1. The molecular weight excluding hydrogens is 468 g/mol. The van der Waals surface area contributed by atoms with E-state index in [-0.39, 0.29) is 26.1 Å². The molecule has 0 bridgehead atoms. The number of para-hydroxylation sites is 1. The molecule has 0 saturated carbocycles. The first-order valence-corrected chi connectivity index (χ1v) is 12.8. The smallest absolute Gasteiger partial charge is 0.211 e. The Morgan fingerprint density at radius 1 is 0.912 bits per heavy atom. The van der Waals surface area contributed by atoms with E-state index in [4.69, 9.17) is 10.5 Å². The minimum Gasteiger partial charge on any atom is -0.497 e. The molecule has 0 aliphatic rings. The van der Waals surface area contributed by atoms with E-state index in [1.54, 1.807) is 36.4 Å². The maximum atomic E-state index is 13.7. The van der Waals surface area contributed by atoms with Gasteiger partial charge in [0.25, 0.3) is 0 Å². The van der Waals surface area contributed by atoms with Gasteiger partial charge in [0.05, 0.1) is 17.7 Å². The average Bonchev–Trinajstić information content (AvgIpc) is 3.18. The molecule has 0 radical (unpaired) electrons. The topological polar surface area (TPSA) is 98.5 Å². The number of sulfone groups is 1. The summed E-state index contributed by atoms with van der Waals surface area (Å²) in [5.41, 5.74) is 9.42.